The molecule has 0 heterocycles. The minimum Gasteiger partial charge on any atom is -0.375 e. The molecule has 126 valence electrons. The Morgan fingerprint density at radius 3 is 2.33 bits per heavy atom. The molecule has 0 fully saturated rings. The number of carbonyl (C=O) groups excluding carboxylic acids is 2. The number of hydrogen-bond donors (Lipinski definition) is 3. The smallest absolute Gasteiger partial charge is 0.316 e. The van der Waals surface area contributed by atoms with E-state index in [2.05, 4.69) is 27.7 Å². The van der Waals surface area contributed by atoms with E-state index in [1.165, 1.54) is 0 Å². The minimum atomic E-state index is -0.630. The summed E-state index contributed by atoms with van der Waals surface area (Å²) in [6.45, 7) is 1.45. The number of rotatable bonds is 7. The van der Waals surface area contributed by atoms with Crippen LogP contribution in [0, 0.1) is 0 Å². The van der Waals surface area contributed by atoms with Crippen molar-refractivity contribution < 1.29 is 9.59 Å². The Balaban J connectivity index is 1.74. The maximum Gasteiger partial charge on any atom is 0.316 e. The van der Waals surface area contributed by atoms with Crippen molar-refractivity contribution in [2.45, 2.75) is 6.42 Å². The fraction of sp³-hybridized carbons (Fsp3) is 0.222. The number of nitrogens with one attached hydrogen (secondary N) is 2. The Morgan fingerprint density at radius 2 is 1.71 bits per heavy atom. The zero-order valence-corrected chi connectivity index (χ0v) is 13.7. The van der Waals surface area contributed by atoms with E-state index < -0.39 is 6.03 Å². The molecular formula is C18H22N4O2. The molecule has 0 radical (unpaired) electrons. The lowest BCUT2D eigenvalue weighted by Crippen LogP contribution is -2.28. The normalized spacial score (nSPS) is 10.0. The van der Waals surface area contributed by atoms with Gasteiger partial charge in [-0.25, -0.2) is 4.79 Å². The first-order valence-corrected chi connectivity index (χ1v) is 7.77. The fourth-order valence-corrected chi connectivity index (χ4v) is 2.28. The summed E-state index contributed by atoms with van der Waals surface area (Å²) in [6.07, 6.45) is 0.846. The average molecular weight is 326 g/mol. The van der Waals surface area contributed by atoms with E-state index in [1.54, 1.807) is 24.3 Å². The van der Waals surface area contributed by atoms with Crippen LogP contribution in [0.3, 0.4) is 0 Å². The van der Waals surface area contributed by atoms with E-state index in [4.69, 9.17) is 5.73 Å². The molecule has 0 aliphatic rings. The molecule has 0 saturated heterocycles. The number of nitrogens with two attached hydrogens (primary N) is 1. The Kier molecular flexibility index (Phi) is 6.19. The number of amides is 3. The average Bonchev–Trinajstić information content (AvgIpc) is 2.59. The van der Waals surface area contributed by atoms with Gasteiger partial charge in [-0.2, -0.15) is 0 Å². The maximum atomic E-state index is 12.1. The van der Waals surface area contributed by atoms with Gasteiger partial charge in [0.25, 0.3) is 5.91 Å². The van der Waals surface area contributed by atoms with Gasteiger partial charge in [0, 0.05) is 37.1 Å². The molecule has 2 aromatic carbocycles. The molecule has 2 rings (SSSR count). The second-order valence-electron chi connectivity index (χ2n) is 5.43. The second-order valence-corrected chi connectivity index (χ2v) is 5.43. The third-order valence-corrected chi connectivity index (χ3v) is 3.57. The van der Waals surface area contributed by atoms with Crippen LogP contribution >= 0.6 is 0 Å². The molecule has 0 saturated carbocycles. The largest absolute Gasteiger partial charge is 0.375 e. The zero-order chi connectivity index (χ0) is 17.4. The molecule has 3 amide bonds. The van der Waals surface area contributed by atoms with Crippen LogP contribution in [0.1, 0.15) is 16.8 Å². The highest BCUT2D eigenvalue weighted by Crippen LogP contribution is 2.11. The summed E-state index contributed by atoms with van der Waals surface area (Å²) >= 11 is 0. The highest BCUT2D eigenvalue weighted by atomic mass is 16.2. The number of primary amides is 1. The van der Waals surface area contributed by atoms with Crippen molar-refractivity contribution in [1.29, 1.82) is 0 Å². The van der Waals surface area contributed by atoms with E-state index in [0.29, 0.717) is 17.8 Å². The summed E-state index contributed by atoms with van der Waals surface area (Å²) in [5.41, 5.74) is 7.29. The van der Waals surface area contributed by atoms with Crippen molar-refractivity contribution in [1.82, 2.24) is 5.32 Å². The fourth-order valence-electron chi connectivity index (χ4n) is 2.28. The molecule has 6 nitrogen and oxygen atoms in total. The van der Waals surface area contributed by atoms with Gasteiger partial charge in [-0.3, -0.25) is 4.79 Å². The number of anilines is 2. The number of urea groups is 1. The van der Waals surface area contributed by atoms with Gasteiger partial charge in [0.1, 0.15) is 0 Å². The molecule has 0 bridgehead atoms. The number of nitrogens with zero attached hydrogens (tertiary/aromatic N) is 1. The summed E-state index contributed by atoms with van der Waals surface area (Å²) in [5.74, 6) is -0.136. The summed E-state index contributed by atoms with van der Waals surface area (Å²) < 4.78 is 0. The van der Waals surface area contributed by atoms with Crippen LogP contribution in [-0.2, 0) is 0 Å². The Morgan fingerprint density at radius 1 is 1.04 bits per heavy atom. The van der Waals surface area contributed by atoms with E-state index in [9.17, 15) is 9.59 Å². The SMILES string of the molecule is CN(CCCNC(=O)c1ccc(NC(N)=O)cc1)c1ccccc1. The van der Waals surface area contributed by atoms with Crippen LogP contribution in [0.2, 0.25) is 0 Å². The first-order chi connectivity index (χ1) is 11.6. The van der Waals surface area contributed by atoms with Crippen LogP contribution < -0.4 is 21.3 Å². The van der Waals surface area contributed by atoms with Gasteiger partial charge in [-0.15, -0.1) is 0 Å². The Bertz CT molecular complexity index is 671. The minimum absolute atomic E-state index is 0.136. The van der Waals surface area contributed by atoms with Crippen molar-refractivity contribution in [3.63, 3.8) is 0 Å². The van der Waals surface area contributed by atoms with Gasteiger partial charge in [-0.05, 0) is 42.8 Å². The van der Waals surface area contributed by atoms with Gasteiger partial charge in [0.2, 0.25) is 0 Å². The molecule has 0 atom stereocenters. The summed E-state index contributed by atoms with van der Waals surface area (Å²) in [4.78, 5) is 25.0. The van der Waals surface area contributed by atoms with Gasteiger partial charge in [0.05, 0.1) is 0 Å². The monoisotopic (exact) mass is 326 g/mol. The highest BCUT2D eigenvalue weighted by Gasteiger charge is 2.06. The van der Waals surface area contributed by atoms with E-state index >= 15 is 0 Å². The lowest BCUT2D eigenvalue weighted by molar-refractivity contribution is 0.0953. The molecule has 24 heavy (non-hydrogen) atoms. The molecule has 6 heteroatoms. The van der Waals surface area contributed by atoms with Gasteiger partial charge in [0.15, 0.2) is 0 Å². The maximum absolute atomic E-state index is 12.1. The van der Waals surface area contributed by atoms with Crippen molar-refractivity contribution in [2.75, 3.05) is 30.4 Å². The van der Waals surface area contributed by atoms with Crippen LogP contribution in [0.5, 0.6) is 0 Å². The molecule has 0 unspecified atom stereocenters. The predicted octanol–water partition coefficient (Wildman–Crippen LogP) is 2.43. The molecule has 0 aliphatic carbocycles. The molecule has 0 spiro atoms. The predicted molar refractivity (Wildman–Crippen MR) is 96.3 cm³/mol. The van der Waals surface area contributed by atoms with Crippen LogP contribution in [0.15, 0.2) is 54.6 Å². The zero-order valence-electron chi connectivity index (χ0n) is 13.7. The van der Waals surface area contributed by atoms with Crippen molar-refractivity contribution in [3.05, 3.63) is 60.2 Å². The van der Waals surface area contributed by atoms with Gasteiger partial charge in [-0.1, -0.05) is 18.2 Å². The number of carbonyl (C=O) groups is 2. The van der Waals surface area contributed by atoms with E-state index in [-0.39, 0.29) is 5.91 Å². The molecule has 2 aromatic rings. The third kappa shape index (κ3) is 5.31. The van der Waals surface area contributed by atoms with Crippen LogP contribution in [-0.4, -0.2) is 32.1 Å². The van der Waals surface area contributed by atoms with Crippen LogP contribution in [0.4, 0.5) is 16.2 Å². The molecule has 0 aliphatic heterocycles. The molecular weight excluding hydrogens is 304 g/mol. The van der Waals surface area contributed by atoms with Crippen LogP contribution in [0.25, 0.3) is 0 Å². The van der Waals surface area contributed by atoms with Crippen molar-refractivity contribution in [3.8, 4) is 0 Å². The van der Waals surface area contributed by atoms with E-state index in [0.717, 1.165) is 18.7 Å². The lowest BCUT2D eigenvalue weighted by Gasteiger charge is -2.19. The summed E-state index contributed by atoms with van der Waals surface area (Å²) in [6, 6.07) is 16.1. The summed E-state index contributed by atoms with van der Waals surface area (Å²) in [5, 5.41) is 5.34. The van der Waals surface area contributed by atoms with Crippen molar-refractivity contribution >= 4 is 23.3 Å². The van der Waals surface area contributed by atoms with E-state index in [1.807, 2.05) is 25.2 Å². The first-order valence-electron chi connectivity index (χ1n) is 7.77. The summed E-state index contributed by atoms with van der Waals surface area (Å²) in [7, 11) is 2.03. The number of hydrogen-bond acceptors (Lipinski definition) is 3. The van der Waals surface area contributed by atoms with Gasteiger partial charge < -0.3 is 21.3 Å². The number of para-hydroxylation sites is 1. The number of benzene rings is 2. The topological polar surface area (TPSA) is 87.5 Å². The lowest BCUT2D eigenvalue weighted by atomic mass is 10.2. The standard InChI is InChI=1S/C18H22N4O2/c1-22(16-6-3-2-4-7-16)13-5-12-20-17(23)14-8-10-15(11-9-14)21-18(19)24/h2-4,6-11H,5,12-13H2,1H3,(H,20,23)(H3,19,21,24). The molecule has 0 aromatic heterocycles. The Labute approximate surface area is 141 Å². The first kappa shape index (κ1) is 17.3. The second kappa shape index (κ2) is 8.57. The molecule has 4 N–H and O–H groups in total. The Hall–Kier alpha value is -3.02. The van der Waals surface area contributed by atoms with Crippen molar-refractivity contribution in [2.24, 2.45) is 5.73 Å². The van der Waals surface area contributed by atoms with Gasteiger partial charge >= 0.3 is 6.03 Å². The third-order valence-electron chi connectivity index (χ3n) is 3.57. The highest BCUT2D eigenvalue weighted by molar-refractivity contribution is 5.95. The quantitative estimate of drug-likeness (QED) is 0.683.